The van der Waals surface area contributed by atoms with Crippen molar-refractivity contribution in [2.75, 3.05) is 33.2 Å². The van der Waals surface area contributed by atoms with Crippen LogP contribution in [0.1, 0.15) is 24.9 Å². The third-order valence-electron chi connectivity index (χ3n) is 3.95. The van der Waals surface area contributed by atoms with Gasteiger partial charge in [0.1, 0.15) is 6.04 Å². The summed E-state index contributed by atoms with van der Waals surface area (Å²) in [6.45, 7) is 5.46. The minimum absolute atomic E-state index is 0. The zero-order valence-corrected chi connectivity index (χ0v) is 15.4. The number of amides is 1. The molecular weight excluding hydrogens is 333 g/mol. The molecule has 6 heteroatoms. The maximum atomic E-state index is 12.6. The van der Waals surface area contributed by atoms with Crippen molar-refractivity contribution < 1.29 is 4.79 Å². The molecule has 0 radical (unpaired) electrons. The molecule has 0 bridgehead atoms. The van der Waals surface area contributed by atoms with E-state index in [1.54, 1.807) is 0 Å². The fourth-order valence-corrected chi connectivity index (χ4v) is 2.55. The summed E-state index contributed by atoms with van der Waals surface area (Å²) in [6, 6.07) is 9.74. The maximum Gasteiger partial charge on any atom is 0.242 e. The molecule has 1 amide bonds. The summed E-state index contributed by atoms with van der Waals surface area (Å²) < 4.78 is 0. The van der Waals surface area contributed by atoms with E-state index in [2.05, 4.69) is 28.5 Å². The Morgan fingerprint density at radius 1 is 1.30 bits per heavy atom. The fraction of sp³-hybridized carbons (Fsp3) is 0.471. The molecule has 0 saturated heterocycles. The quantitative estimate of drug-likeness (QED) is 0.767. The van der Waals surface area contributed by atoms with Gasteiger partial charge in [-0.25, -0.2) is 0 Å². The molecule has 1 aromatic carbocycles. The van der Waals surface area contributed by atoms with Crippen LogP contribution in [0.25, 0.3) is 0 Å². The monoisotopic (exact) mass is 359 g/mol. The molecule has 1 atom stereocenters. The Labute approximate surface area is 151 Å². The van der Waals surface area contributed by atoms with E-state index in [-0.39, 0.29) is 36.8 Å². The van der Waals surface area contributed by atoms with Gasteiger partial charge in [0.15, 0.2) is 0 Å². The lowest BCUT2D eigenvalue weighted by Crippen LogP contribution is -2.40. The number of benzene rings is 1. The lowest BCUT2D eigenvalue weighted by Gasteiger charge is -2.27. The second kappa shape index (κ2) is 11.5. The summed E-state index contributed by atoms with van der Waals surface area (Å²) in [5.41, 5.74) is 2.35. The number of rotatable bonds is 6. The molecule has 1 aromatic rings. The van der Waals surface area contributed by atoms with Gasteiger partial charge in [0.05, 0.1) is 0 Å². The van der Waals surface area contributed by atoms with Crippen LogP contribution in [0.3, 0.4) is 0 Å². The van der Waals surface area contributed by atoms with E-state index in [1.807, 2.05) is 37.4 Å². The summed E-state index contributed by atoms with van der Waals surface area (Å²) in [5, 5.41) is 6.37. The van der Waals surface area contributed by atoms with Gasteiger partial charge in [0.25, 0.3) is 0 Å². The molecule has 2 rings (SSSR count). The van der Waals surface area contributed by atoms with Crippen LogP contribution in [0.2, 0.25) is 0 Å². The first-order valence-electron chi connectivity index (χ1n) is 7.64. The first-order chi connectivity index (χ1) is 10.2. The van der Waals surface area contributed by atoms with Gasteiger partial charge in [-0.15, -0.1) is 24.8 Å². The number of carbonyl (C=O) groups is 1. The number of nitrogens with zero attached hydrogens (tertiary/aromatic N) is 1. The van der Waals surface area contributed by atoms with Crippen molar-refractivity contribution in [3.8, 4) is 0 Å². The third-order valence-corrected chi connectivity index (χ3v) is 3.95. The summed E-state index contributed by atoms with van der Waals surface area (Å²) >= 11 is 0. The zero-order chi connectivity index (χ0) is 15.1. The molecule has 4 nitrogen and oxygen atoms in total. The second-order valence-corrected chi connectivity index (χ2v) is 5.42. The predicted octanol–water partition coefficient (Wildman–Crippen LogP) is 2.56. The highest BCUT2D eigenvalue weighted by molar-refractivity contribution is 5.85. The number of halogens is 2. The molecule has 1 aliphatic rings. The first kappa shape index (κ1) is 21.9. The highest BCUT2D eigenvalue weighted by Crippen LogP contribution is 2.19. The molecular formula is C17H27Cl2N3O. The molecule has 1 aliphatic heterocycles. The van der Waals surface area contributed by atoms with Gasteiger partial charge in [-0.2, -0.15) is 0 Å². The van der Waals surface area contributed by atoms with Crippen molar-refractivity contribution in [3.63, 3.8) is 0 Å². The molecule has 0 aromatic heterocycles. The first-order valence-corrected chi connectivity index (χ1v) is 7.64. The van der Waals surface area contributed by atoms with E-state index in [0.717, 1.165) is 31.6 Å². The van der Waals surface area contributed by atoms with Crippen LogP contribution in [0.4, 0.5) is 0 Å². The number of likely N-dealkylation sites (N-methyl/N-ethyl adjacent to an activating group) is 1. The summed E-state index contributed by atoms with van der Waals surface area (Å²) in [7, 11) is 1.99. The normalized spacial score (nSPS) is 15.0. The molecule has 1 unspecified atom stereocenters. The Kier molecular flexibility index (Phi) is 10.9. The molecule has 23 heavy (non-hydrogen) atoms. The average molecular weight is 360 g/mol. The Bertz CT molecular complexity index is 494. The average Bonchev–Trinajstić information content (AvgIpc) is 2.55. The Balaban J connectivity index is 0.00000242. The molecule has 0 saturated carbocycles. The van der Waals surface area contributed by atoms with E-state index in [4.69, 9.17) is 0 Å². The van der Waals surface area contributed by atoms with Crippen molar-refractivity contribution >= 4 is 30.7 Å². The molecule has 1 heterocycles. The second-order valence-electron chi connectivity index (χ2n) is 5.42. The lowest BCUT2D eigenvalue weighted by molar-refractivity contribution is -0.126. The van der Waals surface area contributed by atoms with E-state index in [1.165, 1.54) is 5.57 Å². The minimum Gasteiger partial charge on any atom is -0.351 e. The molecule has 0 spiro atoms. The van der Waals surface area contributed by atoms with Gasteiger partial charge in [-0.05, 0) is 32.1 Å². The SMILES string of the molecule is CCN(C)C(C(=O)NCC1=CCNCC1)c1ccccc1.Cl.Cl. The van der Waals surface area contributed by atoms with Gasteiger partial charge < -0.3 is 10.6 Å². The van der Waals surface area contributed by atoms with E-state index < -0.39 is 0 Å². The Morgan fingerprint density at radius 2 is 2.00 bits per heavy atom. The molecule has 0 aliphatic carbocycles. The van der Waals surface area contributed by atoms with Crippen LogP contribution in [0.15, 0.2) is 42.0 Å². The number of hydrogen-bond acceptors (Lipinski definition) is 3. The van der Waals surface area contributed by atoms with Crippen molar-refractivity contribution in [1.82, 2.24) is 15.5 Å². The largest absolute Gasteiger partial charge is 0.351 e. The van der Waals surface area contributed by atoms with Crippen LogP contribution in [0, 0.1) is 0 Å². The predicted molar refractivity (Wildman–Crippen MR) is 101 cm³/mol. The highest BCUT2D eigenvalue weighted by atomic mass is 35.5. The van der Waals surface area contributed by atoms with Crippen molar-refractivity contribution in [3.05, 3.63) is 47.5 Å². The molecule has 0 fully saturated rings. The van der Waals surface area contributed by atoms with E-state index >= 15 is 0 Å². The molecule has 130 valence electrons. The van der Waals surface area contributed by atoms with Crippen LogP contribution in [-0.2, 0) is 4.79 Å². The zero-order valence-electron chi connectivity index (χ0n) is 13.7. The highest BCUT2D eigenvalue weighted by Gasteiger charge is 2.23. The molecule has 2 N–H and O–H groups in total. The smallest absolute Gasteiger partial charge is 0.242 e. The van der Waals surface area contributed by atoms with Crippen LogP contribution < -0.4 is 10.6 Å². The van der Waals surface area contributed by atoms with E-state index in [0.29, 0.717) is 6.54 Å². The Hall–Kier alpha value is -1.07. The Morgan fingerprint density at radius 3 is 2.57 bits per heavy atom. The van der Waals surface area contributed by atoms with Crippen LogP contribution in [0.5, 0.6) is 0 Å². The number of carbonyl (C=O) groups excluding carboxylic acids is 1. The minimum atomic E-state index is -0.224. The van der Waals surface area contributed by atoms with Gasteiger partial charge in [0, 0.05) is 13.1 Å². The van der Waals surface area contributed by atoms with Crippen molar-refractivity contribution in [2.45, 2.75) is 19.4 Å². The number of hydrogen-bond donors (Lipinski definition) is 2. The van der Waals surface area contributed by atoms with Gasteiger partial charge in [0.2, 0.25) is 5.91 Å². The lowest BCUT2D eigenvalue weighted by atomic mass is 10.0. The van der Waals surface area contributed by atoms with Gasteiger partial charge in [-0.1, -0.05) is 48.9 Å². The fourth-order valence-electron chi connectivity index (χ4n) is 2.55. The third kappa shape index (κ3) is 6.51. The summed E-state index contributed by atoms with van der Waals surface area (Å²) in [4.78, 5) is 14.7. The summed E-state index contributed by atoms with van der Waals surface area (Å²) in [6.07, 6.45) is 3.19. The topological polar surface area (TPSA) is 44.4 Å². The summed E-state index contributed by atoms with van der Waals surface area (Å²) in [5.74, 6) is 0.0741. The standard InChI is InChI=1S/C17H25N3O.2ClH/c1-3-20(2)16(15-7-5-4-6-8-15)17(21)19-13-14-9-11-18-12-10-14;;/h4-9,16,18H,3,10-13H2,1-2H3,(H,19,21);2*1H. The van der Waals surface area contributed by atoms with Crippen LogP contribution in [-0.4, -0.2) is 44.0 Å². The number of nitrogens with one attached hydrogen (secondary N) is 2. The van der Waals surface area contributed by atoms with E-state index in [9.17, 15) is 4.79 Å². The van der Waals surface area contributed by atoms with Crippen LogP contribution >= 0.6 is 24.8 Å². The van der Waals surface area contributed by atoms with Crippen molar-refractivity contribution in [2.24, 2.45) is 0 Å². The van der Waals surface area contributed by atoms with Crippen molar-refractivity contribution in [1.29, 1.82) is 0 Å². The van der Waals surface area contributed by atoms with Gasteiger partial charge >= 0.3 is 0 Å². The maximum absolute atomic E-state index is 12.6. The van der Waals surface area contributed by atoms with Gasteiger partial charge in [-0.3, -0.25) is 9.69 Å².